The zero-order valence-electron chi connectivity index (χ0n) is 9.10. The van der Waals surface area contributed by atoms with Gasteiger partial charge in [-0.1, -0.05) is 0 Å². The van der Waals surface area contributed by atoms with Crippen LogP contribution in [0.25, 0.3) is 0 Å². The Kier molecular flexibility index (Phi) is 3.82. The van der Waals surface area contributed by atoms with Gasteiger partial charge in [-0.15, -0.1) is 0 Å². The maximum atomic E-state index is 11.2. The summed E-state index contributed by atoms with van der Waals surface area (Å²) >= 11 is 0. The number of carbonyl (C=O) groups excluding carboxylic acids is 1. The SMILES string of the molecule is Cc1nn(C)cc1CNC(=O)C=CC(=O)O. The van der Waals surface area contributed by atoms with Gasteiger partial charge >= 0.3 is 5.97 Å². The number of nitrogens with zero attached hydrogens (tertiary/aromatic N) is 2. The predicted octanol–water partition coefficient (Wildman–Crippen LogP) is -0.0145. The minimum absolute atomic E-state index is 0.336. The molecule has 0 radical (unpaired) electrons. The van der Waals surface area contributed by atoms with Gasteiger partial charge in [0.1, 0.15) is 0 Å². The molecule has 0 saturated heterocycles. The van der Waals surface area contributed by atoms with Crippen LogP contribution in [0.4, 0.5) is 0 Å². The van der Waals surface area contributed by atoms with Crippen molar-refractivity contribution in [2.45, 2.75) is 13.5 Å². The van der Waals surface area contributed by atoms with Gasteiger partial charge in [0.25, 0.3) is 0 Å². The molecule has 0 bridgehead atoms. The van der Waals surface area contributed by atoms with Crippen molar-refractivity contribution in [3.05, 3.63) is 29.6 Å². The van der Waals surface area contributed by atoms with Crippen LogP contribution < -0.4 is 5.32 Å². The van der Waals surface area contributed by atoms with Crippen molar-refractivity contribution in [1.82, 2.24) is 15.1 Å². The number of carbonyl (C=O) groups is 2. The summed E-state index contributed by atoms with van der Waals surface area (Å²) in [5.41, 5.74) is 1.74. The van der Waals surface area contributed by atoms with Crippen molar-refractivity contribution >= 4 is 11.9 Å². The second kappa shape index (κ2) is 5.11. The number of carboxylic acid groups (broad SMARTS) is 1. The van der Waals surface area contributed by atoms with Crippen molar-refractivity contribution in [2.75, 3.05) is 0 Å². The Morgan fingerprint density at radius 3 is 2.75 bits per heavy atom. The summed E-state index contributed by atoms with van der Waals surface area (Å²) in [5, 5.41) is 15.0. The maximum absolute atomic E-state index is 11.2. The Bertz CT molecular complexity index is 435. The minimum Gasteiger partial charge on any atom is -0.478 e. The average molecular weight is 223 g/mol. The lowest BCUT2D eigenvalue weighted by molar-refractivity contribution is -0.131. The van der Waals surface area contributed by atoms with Crippen molar-refractivity contribution in [3.63, 3.8) is 0 Å². The molecule has 0 aromatic carbocycles. The van der Waals surface area contributed by atoms with Gasteiger partial charge in [0, 0.05) is 37.5 Å². The zero-order valence-corrected chi connectivity index (χ0v) is 9.10. The van der Waals surface area contributed by atoms with Crippen LogP contribution in [0.15, 0.2) is 18.3 Å². The Morgan fingerprint density at radius 1 is 1.56 bits per heavy atom. The fraction of sp³-hybridized carbons (Fsp3) is 0.300. The molecule has 1 amide bonds. The van der Waals surface area contributed by atoms with E-state index in [2.05, 4.69) is 10.4 Å². The third kappa shape index (κ3) is 3.56. The predicted molar refractivity (Wildman–Crippen MR) is 56.6 cm³/mol. The smallest absolute Gasteiger partial charge is 0.328 e. The summed E-state index contributed by atoms with van der Waals surface area (Å²) in [4.78, 5) is 21.3. The Hall–Kier alpha value is -2.11. The number of aromatic nitrogens is 2. The van der Waals surface area contributed by atoms with E-state index in [9.17, 15) is 9.59 Å². The quantitative estimate of drug-likeness (QED) is 0.703. The van der Waals surface area contributed by atoms with E-state index in [1.165, 1.54) is 0 Å². The standard InChI is InChI=1S/C10H13N3O3/c1-7-8(6-13(2)12-7)5-11-9(14)3-4-10(15)16/h3-4,6H,5H2,1-2H3,(H,11,14)(H,15,16). The molecule has 1 rings (SSSR count). The van der Waals surface area contributed by atoms with Crippen molar-refractivity contribution in [1.29, 1.82) is 0 Å². The summed E-state index contributed by atoms with van der Waals surface area (Å²) in [5.74, 6) is -1.58. The normalized spacial score (nSPS) is 10.6. The number of rotatable bonds is 4. The molecule has 2 N–H and O–H groups in total. The largest absolute Gasteiger partial charge is 0.478 e. The molecular formula is C10H13N3O3. The Morgan fingerprint density at radius 2 is 2.25 bits per heavy atom. The number of carboxylic acids is 1. The highest BCUT2D eigenvalue weighted by Gasteiger charge is 2.03. The van der Waals surface area contributed by atoms with Crippen LogP contribution in [-0.4, -0.2) is 26.8 Å². The second-order valence-corrected chi connectivity index (χ2v) is 3.30. The molecule has 86 valence electrons. The van der Waals surface area contributed by atoms with E-state index in [0.29, 0.717) is 6.54 Å². The summed E-state index contributed by atoms with van der Waals surface area (Å²) in [6, 6.07) is 0. The third-order valence-electron chi connectivity index (χ3n) is 1.95. The number of hydrogen-bond acceptors (Lipinski definition) is 3. The Labute approximate surface area is 92.6 Å². The van der Waals surface area contributed by atoms with Crippen molar-refractivity contribution in [3.8, 4) is 0 Å². The fourth-order valence-corrected chi connectivity index (χ4v) is 1.21. The first-order valence-corrected chi connectivity index (χ1v) is 4.67. The average Bonchev–Trinajstić information content (AvgIpc) is 2.51. The first-order valence-electron chi connectivity index (χ1n) is 4.67. The third-order valence-corrected chi connectivity index (χ3v) is 1.95. The number of hydrogen-bond donors (Lipinski definition) is 2. The molecule has 1 aromatic heterocycles. The fourth-order valence-electron chi connectivity index (χ4n) is 1.21. The first kappa shape index (κ1) is 12.0. The lowest BCUT2D eigenvalue weighted by atomic mass is 10.2. The summed E-state index contributed by atoms with van der Waals surface area (Å²) in [6.07, 6.45) is 3.58. The maximum Gasteiger partial charge on any atom is 0.328 e. The second-order valence-electron chi connectivity index (χ2n) is 3.30. The van der Waals surface area contributed by atoms with Crippen LogP contribution in [0.2, 0.25) is 0 Å². The van der Waals surface area contributed by atoms with Gasteiger partial charge in [0.05, 0.1) is 5.69 Å². The van der Waals surface area contributed by atoms with Gasteiger partial charge in [-0.3, -0.25) is 9.48 Å². The molecule has 0 aliphatic heterocycles. The summed E-state index contributed by atoms with van der Waals surface area (Å²) in [7, 11) is 1.79. The first-order chi connectivity index (χ1) is 7.49. The van der Waals surface area contributed by atoms with Gasteiger partial charge in [0.2, 0.25) is 5.91 Å². The number of nitrogens with one attached hydrogen (secondary N) is 1. The van der Waals surface area contributed by atoms with Crippen LogP contribution >= 0.6 is 0 Å². The van der Waals surface area contributed by atoms with Crippen molar-refractivity contribution in [2.24, 2.45) is 7.05 Å². The minimum atomic E-state index is -1.15. The number of amides is 1. The van der Waals surface area contributed by atoms with E-state index >= 15 is 0 Å². The highest BCUT2D eigenvalue weighted by molar-refractivity contribution is 5.93. The molecule has 0 unspecified atom stereocenters. The van der Waals surface area contributed by atoms with E-state index in [0.717, 1.165) is 23.4 Å². The molecule has 16 heavy (non-hydrogen) atoms. The molecule has 0 saturated carbocycles. The van der Waals surface area contributed by atoms with Crippen LogP contribution in [0.5, 0.6) is 0 Å². The molecule has 0 aliphatic carbocycles. The van der Waals surface area contributed by atoms with Gasteiger partial charge in [-0.05, 0) is 6.92 Å². The van der Waals surface area contributed by atoms with Crippen molar-refractivity contribution < 1.29 is 14.7 Å². The van der Waals surface area contributed by atoms with Gasteiger partial charge < -0.3 is 10.4 Å². The van der Waals surface area contributed by atoms with Crippen LogP contribution in [0, 0.1) is 6.92 Å². The highest BCUT2D eigenvalue weighted by atomic mass is 16.4. The van der Waals surface area contributed by atoms with Crippen LogP contribution in [-0.2, 0) is 23.2 Å². The lowest BCUT2D eigenvalue weighted by Gasteiger charge is -1.99. The molecular weight excluding hydrogens is 210 g/mol. The summed E-state index contributed by atoms with van der Waals surface area (Å²) in [6.45, 7) is 2.18. The molecule has 1 aromatic rings. The molecule has 6 nitrogen and oxygen atoms in total. The molecule has 1 heterocycles. The highest BCUT2D eigenvalue weighted by Crippen LogP contribution is 2.03. The molecule has 0 fully saturated rings. The van der Waals surface area contributed by atoms with Crippen LogP contribution in [0.1, 0.15) is 11.3 Å². The molecule has 0 atom stereocenters. The van der Waals surface area contributed by atoms with E-state index in [4.69, 9.17) is 5.11 Å². The lowest BCUT2D eigenvalue weighted by Crippen LogP contribution is -2.20. The Balaban J connectivity index is 2.49. The van der Waals surface area contributed by atoms with Gasteiger partial charge in [0.15, 0.2) is 0 Å². The van der Waals surface area contributed by atoms with Crippen LogP contribution in [0.3, 0.4) is 0 Å². The monoisotopic (exact) mass is 223 g/mol. The topological polar surface area (TPSA) is 84.2 Å². The van der Waals surface area contributed by atoms with Gasteiger partial charge in [-0.2, -0.15) is 5.10 Å². The zero-order chi connectivity index (χ0) is 12.1. The van der Waals surface area contributed by atoms with E-state index in [1.807, 2.05) is 6.92 Å². The number of aliphatic carboxylic acids is 1. The molecule has 0 aliphatic rings. The van der Waals surface area contributed by atoms with E-state index in [1.54, 1.807) is 17.9 Å². The number of aryl methyl sites for hydroxylation is 2. The van der Waals surface area contributed by atoms with E-state index in [-0.39, 0.29) is 0 Å². The van der Waals surface area contributed by atoms with Gasteiger partial charge in [-0.25, -0.2) is 4.79 Å². The van der Waals surface area contributed by atoms with E-state index < -0.39 is 11.9 Å². The molecule has 0 spiro atoms. The summed E-state index contributed by atoms with van der Waals surface area (Å²) < 4.78 is 1.66. The molecule has 6 heteroatoms.